The molecule has 1 amide bonds. The Kier molecular flexibility index (Phi) is 4.99. The van der Waals surface area contributed by atoms with Crippen LogP contribution < -0.4 is 9.47 Å². The number of hydrogen-bond acceptors (Lipinski definition) is 3. The number of benzene rings is 2. The second-order valence-corrected chi connectivity index (χ2v) is 8.60. The lowest BCUT2D eigenvalue weighted by Crippen LogP contribution is -2.38. The van der Waals surface area contributed by atoms with E-state index in [-0.39, 0.29) is 17.9 Å². The molecular weight excluding hydrogens is 364 g/mol. The predicted octanol–water partition coefficient (Wildman–Crippen LogP) is 4.44. The van der Waals surface area contributed by atoms with Crippen molar-refractivity contribution in [1.82, 2.24) is 9.88 Å². The van der Waals surface area contributed by atoms with Gasteiger partial charge in [-0.15, -0.1) is 0 Å². The van der Waals surface area contributed by atoms with Crippen molar-refractivity contribution >= 4 is 16.8 Å². The van der Waals surface area contributed by atoms with E-state index in [2.05, 4.69) is 44.0 Å². The van der Waals surface area contributed by atoms with Crippen LogP contribution in [0.2, 0.25) is 0 Å². The number of hydrogen-bond donors (Lipinski definition) is 1. The number of para-hydroxylation sites is 2. The maximum atomic E-state index is 12.8. The van der Waals surface area contributed by atoms with E-state index >= 15 is 0 Å². The molecule has 2 heterocycles. The molecule has 0 spiro atoms. The molecule has 5 nitrogen and oxygen atoms in total. The minimum absolute atomic E-state index is 0.00526. The molecule has 4 rings (SSSR count). The molecule has 0 unspecified atom stereocenters. The zero-order valence-corrected chi connectivity index (χ0v) is 17.5. The number of nitrogens with one attached hydrogen (secondary N) is 1. The van der Waals surface area contributed by atoms with Crippen molar-refractivity contribution in [1.29, 1.82) is 0 Å². The van der Waals surface area contributed by atoms with E-state index in [1.807, 2.05) is 29.2 Å². The zero-order chi connectivity index (χ0) is 20.6. The van der Waals surface area contributed by atoms with E-state index in [0.29, 0.717) is 24.6 Å². The lowest BCUT2D eigenvalue weighted by molar-refractivity contribution is -0.134. The third-order valence-corrected chi connectivity index (χ3v) is 5.61. The molecule has 1 N–H and O–H groups in total. The van der Waals surface area contributed by atoms with Crippen LogP contribution in [0, 0.1) is 0 Å². The number of carbonyl (C=O) groups excluding carboxylic acids is 1. The van der Waals surface area contributed by atoms with E-state index in [1.54, 1.807) is 7.11 Å². The first-order valence-corrected chi connectivity index (χ1v) is 10.0. The molecule has 29 heavy (non-hydrogen) atoms. The van der Waals surface area contributed by atoms with E-state index in [4.69, 9.17) is 9.47 Å². The molecule has 0 aliphatic carbocycles. The Morgan fingerprint density at radius 3 is 2.62 bits per heavy atom. The topological polar surface area (TPSA) is 54.6 Å². The molecule has 0 radical (unpaired) electrons. The van der Waals surface area contributed by atoms with Crippen LogP contribution in [0.15, 0.2) is 42.5 Å². The normalized spacial score (nSPS) is 14.0. The standard InChI is InChI=1S/C24H28N2O3/c1-24(2,3)16-9-10-19-17(13-16)18-14-26(12-11-20(18)25-19)23(27)15-29-22-8-6-5-7-21(22)28-4/h5-10,13,25H,11-12,14-15H2,1-4H3. The number of fused-ring (bicyclic) bond motifs is 3. The monoisotopic (exact) mass is 392 g/mol. The lowest BCUT2D eigenvalue weighted by atomic mass is 9.86. The first-order valence-electron chi connectivity index (χ1n) is 10.0. The zero-order valence-electron chi connectivity index (χ0n) is 17.5. The molecule has 0 fully saturated rings. The number of methoxy groups -OCH3 is 1. The van der Waals surface area contributed by atoms with Crippen molar-refractivity contribution in [2.75, 3.05) is 20.3 Å². The third kappa shape index (κ3) is 3.82. The average molecular weight is 392 g/mol. The summed E-state index contributed by atoms with van der Waals surface area (Å²) < 4.78 is 11.0. The van der Waals surface area contributed by atoms with Crippen LogP contribution in [0.3, 0.4) is 0 Å². The molecule has 1 aliphatic rings. The van der Waals surface area contributed by atoms with Crippen molar-refractivity contribution in [3.63, 3.8) is 0 Å². The van der Waals surface area contributed by atoms with E-state index < -0.39 is 0 Å². The summed E-state index contributed by atoms with van der Waals surface area (Å²) in [4.78, 5) is 18.2. The first-order chi connectivity index (χ1) is 13.9. The van der Waals surface area contributed by atoms with Crippen molar-refractivity contribution in [2.45, 2.75) is 39.2 Å². The number of aromatic amines is 1. The third-order valence-electron chi connectivity index (χ3n) is 5.61. The van der Waals surface area contributed by atoms with Crippen molar-refractivity contribution in [2.24, 2.45) is 0 Å². The smallest absolute Gasteiger partial charge is 0.260 e. The second kappa shape index (κ2) is 7.47. The van der Waals surface area contributed by atoms with Crippen molar-refractivity contribution in [3.8, 4) is 11.5 Å². The molecule has 5 heteroatoms. The molecule has 1 aliphatic heterocycles. The number of ether oxygens (including phenoxy) is 2. The van der Waals surface area contributed by atoms with Gasteiger partial charge in [0.1, 0.15) is 0 Å². The fourth-order valence-electron chi connectivity index (χ4n) is 3.86. The number of rotatable bonds is 4. The number of nitrogens with zero attached hydrogens (tertiary/aromatic N) is 1. The van der Waals surface area contributed by atoms with Gasteiger partial charge in [0.2, 0.25) is 0 Å². The number of aromatic nitrogens is 1. The maximum absolute atomic E-state index is 12.8. The fraction of sp³-hybridized carbons (Fsp3) is 0.375. The van der Waals surface area contributed by atoms with Crippen molar-refractivity contribution < 1.29 is 14.3 Å². The Hall–Kier alpha value is -2.95. The highest BCUT2D eigenvalue weighted by atomic mass is 16.5. The predicted molar refractivity (Wildman–Crippen MR) is 115 cm³/mol. The van der Waals surface area contributed by atoms with Crippen LogP contribution in [0.25, 0.3) is 10.9 Å². The van der Waals surface area contributed by atoms with E-state index in [0.717, 1.165) is 11.9 Å². The van der Waals surface area contributed by atoms with Gasteiger partial charge in [-0.2, -0.15) is 0 Å². The molecule has 1 aromatic heterocycles. The van der Waals surface area contributed by atoms with Gasteiger partial charge in [-0.25, -0.2) is 0 Å². The maximum Gasteiger partial charge on any atom is 0.260 e. The number of carbonyl (C=O) groups is 1. The largest absolute Gasteiger partial charge is 0.493 e. The molecule has 152 valence electrons. The van der Waals surface area contributed by atoms with Gasteiger partial charge in [0.25, 0.3) is 5.91 Å². The van der Waals surface area contributed by atoms with Gasteiger partial charge >= 0.3 is 0 Å². The van der Waals surface area contributed by atoms with Crippen LogP contribution in [0.5, 0.6) is 11.5 Å². The van der Waals surface area contributed by atoms with Crippen LogP contribution in [-0.4, -0.2) is 36.1 Å². The molecule has 3 aromatic rings. The number of H-pyrrole nitrogens is 1. The summed E-state index contributed by atoms with van der Waals surface area (Å²) in [5.74, 6) is 1.21. The number of amides is 1. The highest BCUT2D eigenvalue weighted by Gasteiger charge is 2.25. The highest BCUT2D eigenvalue weighted by Crippen LogP contribution is 2.32. The van der Waals surface area contributed by atoms with E-state index in [9.17, 15) is 4.79 Å². The summed E-state index contributed by atoms with van der Waals surface area (Å²) >= 11 is 0. The van der Waals surface area contributed by atoms with Gasteiger partial charge in [-0.3, -0.25) is 4.79 Å². The Bertz CT molecular complexity index is 1050. The second-order valence-electron chi connectivity index (χ2n) is 8.60. The summed E-state index contributed by atoms with van der Waals surface area (Å²) in [5, 5.41) is 1.22. The minimum atomic E-state index is -0.0112. The molecule has 0 saturated heterocycles. The quantitative estimate of drug-likeness (QED) is 0.714. The Morgan fingerprint density at radius 1 is 1.14 bits per heavy atom. The van der Waals surface area contributed by atoms with Crippen molar-refractivity contribution in [3.05, 3.63) is 59.3 Å². The summed E-state index contributed by atoms with van der Waals surface area (Å²) in [6, 6.07) is 14.0. The van der Waals surface area contributed by atoms with Crippen LogP contribution >= 0.6 is 0 Å². The Morgan fingerprint density at radius 2 is 1.90 bits per heavy atom. The Labute approximate surface area is 171 Å². The molecule has 0 atom stereocenters. The molecule has 0 saturated carbocycles. The summed E-state index contributed by atoms with van der Waals surface area (Å²) in [5.41, 5.74) is 4.99. The minimum Gasteiger partial charge on any atom is -0.493 e. The van der Waals surface area contributed by atoms with Crippen LogP contribution in [0.4, 0.5) is 0 Å². The van der Waals surface area contributed by atoms with E-state index in [1.165, 1.54) is 22.2 Å². The first kappa shape index (κ1) is 19.4. The molecular formula is C24H28N2O3. The summed E-state index contributed by atoms with van der Waals surface area (Å²) in [6.07, 6.45) is 0.829. The van der Waals surface area contributed by atoms with Gasteiger partial charge in [0.15, 0.2) is 18.1 Å². The Balaban J connectivity index is 1.52. The van der Waals surface area contributed by atoms with Gasteiger partial charge in [-0.05, 0) is 35.2 Å². The SMILES string of the molecule is COc1ccccc1OCC(=O)N1CCc2[nH]c3ccc(C(C)(C)C)cc3c2C1. The van der Waals surface area contributed by atoms with Gasteiger partial charge in [0.05, 0.1) is 7.11 Å². The average Bonchev–Trinajstić information content (AvgIpc) is 3.08. The summed E-state index contributed by atoms with van der Waals surface area (Å²) in [7, 11) is 1.60. The fourth-order valence-corrected chi connectivity index (χ4v) is 3.86. The molecule has 0 bridgehead atoms. The van der Waals surface area contributed by atoms with Crippen LogP contribution in [0.1, 0.15) is 37.6 Å². The lowest BCUT2D eigenvalue weighted by Gasteiger charge is -2.27. The van der Waals surface area contributed by atoms with Crippen LogP contribution in [-0.2, 0) is 23.2 Å². The van der Waals surface area contributed by atoms with Gasteiger partial charge in [-0.1, -0.05) is 39.0 Å². The summed E-state index contributed by atoms with van der Waals surface area (Å²) in [6.45, 7) is 7.97. The van der Waals surface area contributed by atoms with Gasteiger partial charge in [0, 0.05) is 41.7 Å². The van der Waals surface area contributed by atoms with Gasteiger partial charge < -0.3 is 19.4 Å². The highest BCUT2D eigenvalue weighted by molar-refractivity contribution is 5.87. The molecule has 2 aromatic carbocycles.